The van der Waals surface area contributed by atoms with Gasteiger partial charge in [-0.15, -0.1) is 0 Å². The number of carboxylic acid groups (broad SMARTS) is 2. The molecule has 0 spiro atoms. The number of hydrogen-bond donors (Lipinski definition) is 3. The summed E-state index contributed by atoms with van der Waals surface area (Å²) < 4.78 is 10.6. The Hall–Kier alpha value is -2.87. The molecule has 1 rings (SSSR count). The fourth-order valence-electron chi connectivity index (χ4n) is 2.36. The number of amides is 1. The van der Waals surface area contributed by atoms with E-state index in [0.29, 0.717) is 19.6 Å². The molecule has 8 nitrogen and oxygen atoms in total. The van der Waals surface area contributed by atoms with Gasteiger partial charge in [-0.05, 0) is 45.6 Å². The number of hydrogen-bond acceptors (Lipinski definition) is 5. The highest BCUT2D eigenvalue weighted by Crippen LogP contribution is 2.11. The number of benzene rings is 1. The van der Waals surface area contributed by atoms with Crippen molar-refractivity contribution in [3.63, 3.8) is 0 Å². The minimum Gasteiger partial charge on any atom is -0.480 e. The number of carboxylic acids is 2. The van der Waals surface area contributed by atoms with E-state index in [-0.39, 0.29) is 18.4 Å². The Kier molecular flexibility index (Phi) is 9.88. The van der Waals surface area contributed by atoms with Crippen LogP contribution < -0.4 is 5.32 Å². The maximum Gasteiger partial charge on any atom is 0.408 e. The predicted octanol–water partition coefficient (Wildman–Crippen LogP) is 3.36. The molecule has 8 heteroatoms. The van der Waals surface area contributed by atoms with Gasteiger partial charge in [-0.1, -0.05) is 36.4 Å². The lowest BCUT2D eigenvalue weighted by atomic mass is 10.1. The molecule has 160 valence electrons. The van der Waals surface area contributed by atoms with Crippen LogP contribution in [0.1, 0.15) is 45.6 Å². The first-order chi connectivity index (χ1) is 13.6. The highest BCUT2D eigenvalue weighted by molar-refractivity contribution is 5.87. The van der Waals surface area contributed by atoms with Crippen LogP contribution in [0.2, 0.25) is 0 Å². The zero-order valence-corrected chi connectivity index (χ0v) is 17.0. The van der Waals surface area contributed by atoms with E-state index in [4.69, 9.17) is 9.47 Å². The van der Waals surface area contributed by atoms with Crippen molar-refractivity contribution < 1.29 is 34.1 Å². The number of alkyl carbamates (subject to hydrolysis) is 1. The molecule has 3 N–H and O–H groups in total. The fraction of sp³-hybridized carbons (Fsp3) is 0.476. The Morgan fingerprint density at radius 1 is 1.14 bits per heavy atom. The summed E-state index contributed by atoms with van der Waals surface area (Å²) in [5, 5.41) is 20.8. The number of ether oxygens (including phenoxy) is 2. The third-order valence-corrected chi connectivity index (χ3v) is 3.71. The number of rotatable bonds is 11. The first-order valence-corrected chi connectivity index (χ1v) is 9.35. The SMILES string of the molecule is CC(C)(C)OC(=O)N[C@@H](C/C=C(/CCCOCc1ccccc1)C(=O)O)C(=O)O. The summed E-state index contributed by atoms with van der Waals surface area (Å²) in [4.78, 5) is 34.5. The normalized spacial score (nSPS) is 12.9. The van der Waals surface area contributed by atoms with E-state index in [0.717, 1.165) is 5.56 Å². The standard InChI is InChI=1S/C21H29NO7/c1-21(2,3)29-20(27)22-17(19(25)26)12-11-16(18(23)24)10-7-13-28-14-15-8-5-4-6-9-15/h4-6,8-9,11,17H,7,10,12-14H2,1-3H3,(H,22,27)(H,23,24)(H,25,26)/b16-11-/t17-/m0/s1. The Morgan fingerprint density at radius 2 is 1.79 bits per heavy atom. The quantitative estimate of drug-likeness (QED) is 0.380. The molecule has 0 radical (unpaired) electrons. The highest BCUT2D eigenvalue weighted by Gasteiger charge is 2.23. The predicted molar refractivity (Wildman–Crippen MR) is 106 cm³/mol. The van der Waals surface area contributed by atoms with E-state index in [2.05, 4.69) is 5.32 Å². The van der Waals surface area contributed by atoms with E-state index in [1.54, 1.807) is 20.8 Å². The van der Waals surface area contributed by atoms with Crippen molar-refractivity contribution in [1.82, 2.24) is 5.32 Å². The number of carbonyl (C=O) groups excluding carboxylic acids is 1. The van der Waals surface area contributed by atoms with E-state index in [1.165, 1.54) is 6.08 Å². The van der Waals surface area contributed by atoms with Crippen LogP contribution in [0.5, 0.6) is 0 Å². The first-order valence-electron chi connectivity index (χ1n) is 9.35. The van der Waals surface area contributed by atoms with E-state index in [1.807, 2.05) is 30.3 Å². The van der Waals surface area contributed by atoms with E-state index < -0.39 is 29.7 Å². The second-order valence-corrected chi connectivity index (χ2v) is 7.45. The lowest BCUT2D eigenvalue weighted by Gasteiger charge is -2.21. The maximum absolute atomic E-state index is 11.8. The molecule has 1 aromatic rings. The van der Waals surface area contributed by atoms with Crippen LogP contribution in [0.25, 0.3) is 0 Å². The van der Waals surface area contributed by atoms with Crippen molar-refractivity contribution in [2.75, 3.05) is 6.61 Å². The molecular weight excluding hydrogens is 378 g/mol. The second-order valence-electron chi connectivity index (χ2n) is 7.45. The van der Waals surface area contributed by atoms with E-state index >= 15 is 0 Å². The molecule has 1 atom stereocenters. The van der Waals surface area contributed by atoms with Gasteiger partial charge in [-0.3, -0.25) is 0 Å². The molecule has 0 aliphatic carbocycles. The van der Waals surface area contributed by atoms with Crippen LogP contribution in [0.15, 0.2) is 42.0 Å². The van der Waals surface area contributed by atoms with Crippen molar-refractivity contribution in [2.24, 2.45) is 0 Å². The smallest absolute Gasteiger partial charge is 0.408 e. The minimum atomic E-state index is -1.28. The van der Waals surface area contributed by atoms with E-state index in [9.17, 15) is 24.6 Å². The summed E-state index contributed by atoms with van der Waals surface area (Å²) in [5.74, 6) is -2.41. The maximum atomic E-state index is 11.8. The molecule has 0 saturated carbocycles. The van der Waals surface area contributed by atoms with Gasteiger partial charge in [0.2, 0.25) is 0 Å². The molecule has 0 heterocycles. The van der Waals surface area contributed by atoms with Crippen LogP contribution >= 0.6 is 0 Å². The largest absolute Gasteiger partial charge is 0.480 e. The van der Waals surface area contributed by atoms with Gasteiger partial charge in [0.25, 0.3) is 0 Å². The number of carbonyl (C=O) groups is 3. The average molecular weight is 407 g/mol. The molecule has 1 amide bonds. The summed E-state index contributed by atoms with van der Waals surface area (Å²) >= 11 is 0. The zero-order chi connectivity index (χ0) is 21.9. The molecule has 0 unspecified atom stereocenters. The Labute approximate surface area is 170 Å². The highest BCUT2D eigenvalue weighted by atomic mass is 16.6. The molecule has 0 saturated heterocycles. The summed E-state index contributed by atoms with van der Waals surface area (Å²) in [7, 11) is 0. The molecule has 0 aliphatic heterocycles. The summed E-state index contributed by atoms with van der Waals surface area (Å²) in [6, 6.07) is 8.32. The van der Waals surface area contributed by atoms with Crippen molar-refractivity contribution in [2.45, 2.75) is 58.3 Å². The summed E-state index contributed by atoms with van der Waals surface area (Å²) in [6.07, 6.45) is 0.978. The van der Waals surface area contributed by atoms with Gasteiger partial charge in [0.1, 0.15) is 11.6 Å². The van der Waals surface area contributed by atoms with Crippen molar-refractivity contribution in [3.8, 4) is 0 Å². The van der Waals surface area contributed by atoms with Crippen LogP contribution in [-0.4, -0.2) is 46.5 Å². The molecule has 29 heavy (non-hydrogen) atoms. The molecule has 0 fully saturated rings. The molecule has 0 aliphatic rings. The third kappa shape index (κ3) is 10.9. The second kappa shape index (κ2) is 11.9. The molecule has 1 aromatic carbocycles. The lowest BCUT2D eigenvalue weighted by molar-refractivity contribution is -0.139. The molecule has 0 bridgehead atoms. The summed E-state index contributed by atoms with van der Waals surface area (Å²) in [5.41, 5.74) is 0.333. The topological polar surface area (TPSA) is 122 Å². The fourth-order valence-corrected chi connectivity index (χ4v) is 2.36. The van der Waals surface area contributed by atoms with Gasteiger partial charge in [0, 0.05) is 12.2 Å². The van der Waals surface area contributed by atoms with Crippen LogP contribution in [0.4, 0.5) is 4.79 Å². The Morgan fingerprint density at radius 3 is 2.34 bits per heavy atom. The first kappa shape index (κ1) is 24.2. The lowest BCUT2D eigenvalue weighted by Crippen LogP contribution is -2.43. The third-order valence-electron chi connectivity index (χ3n) is 3.71. The van der Waals surface area contributed by atoms with Crippen LogP contribution in [-0.2, 0) is 25.7 Å². The van der Waals surface area contributed by atoms with Gasteiger partial charge >= 0.3 is 18.0 Å². The van der Waals surface area contributed by atoms with Gasteiger partial charge in [0.15, 0.2) is 0 Å². The van der Waals surface area contributed by atoms with Crippen LogP contribution in [0, 0.1) is 0 Å². The molecule has 0 aromatic heterocycles. The number of aliphatic carboxylic acids is 2. The van der Waals surface area contributed by atoms with Gasteiger partial charge < -0.3 is 25.0 Å². The number of nitrogens with one attached hydrogen (secondary N) is 1. The Bertz CT molecular complexity index is 707. The Balaban J connectivity index is 2.51. The van der Waals surface area contributed by atoms with Crippen molar-refractivity contribution >= 4 is 18.0 Å². The van der Waals surface area contributed by atoms with Gasteiger partial charge in [0.05, 0.1) is 6.61 Å². The van der Waals surface area contributed by atoms with Crippen molar-refractivity contribution in [1.29, 1.82) is 0 Å². The van der Waals surface area contributed by atoms with Gasteiger partial charge in [-0.25, -0.2) is 14.4 Å². The average Bonchev–Trinajstić information content (AvgIpc) is 2.61. The van der Waals surface area contributed by atoms with Crippen molar-refractivity contribution in [3.05, 3.63) is 47.5 Å². The van der Waals surface area contributed by atoms with Gasteiger partial charge in [-0.2, -0.15) is 0 Å². The monoisotopic (exact) mass is 407 g/mol. The molecular formula is C21H29NO7. The summed E-state index contributed by atoms with van der Waals surface area (Å²) in [6.45, 7) is 5.78. The minimum absolute atomic E-state index is 0.0746. The zero-order valence-electron chi connectivity index (χ0n) is 17.0. The van der Waals surface area contributed by atoms with Crippen LogP contribution in [0.3, 0.4) is 0 Å².